The molecule has 0 radical (unpaired) electrons. The topological polar surface area (TPSA) is 54.8 Å². The van der Waals surface area contributed by atoms with Gasteiger partial charge in [-0.1, -0.05) is 46.9 Å². The minimum Gasteiger partial charge on any atom is -0.332 e. The molecule has 2 N–H and O–H groups in total. The normalized spacial score (nSPS) is 10.5. The lowest BCUT2D eigenvalue weighted by atomic mass is 10.2. The third-order valence-electron chi connectivity index (χ3n) is 3.14. The Morgan fingerprint density at radius 3 is 2.32 bits per heavy atom. The molecule has 0 aliphatic rings. The number of aromatic nitrogens is 3. The highest BCUT2D eigenvalue weighted by molar-refractivity contribution is 7.80. The molecule has 3 aromatic rings. The van der Waals surface area contributed by atoms with Crippen LogP contribution in [0.3, 0.4) is 0 Å². The third kappa shape index (κ3) is 5.31. The lowest BCUT2D eigenvalue weighted by Gasteiger charge is -2.08. The second-order valence-electron chi connectivity index (χ2n) is 5.13. The molecule has 0 aliphatic heterocycles. The average molecular weight is 413 g/mol. The largest absolute Gasteiger partial charge is 0.332 e. The van der Waals surface area contributed by atoms with Crippen LogP contribution in [0.4, 0.5) is 11.6 Å². The summed E-state index contributed by atoms with van der Waals surface area (Å²) in [5.41, 5.74) is 1.74. The van der Waals surface area contributed by atoms with Gasteiger partial charge in [0.25, 0.3) is 0 Å². The van der Waals surface area contributed by atoms with E-state index in [1.54, 1.807) is 29.2 Å². The maximum atomic E-state index is 5.96. The fraction of sp³-hybridized carbons (Fsp3) is 0.0625. The van der Waals surface area contributed by atoms with Gasteiger partial charge in [-0.25, -0.2) is 9.67 Å². The molecule has 1 aromatic heterocycles. The van der Waals surface area contributed by atoms with Crippen molar-refractivity contribution in [2.75, 3.05) is 10.6 Å². The number of thiocarbonyl (C=S) groups is 1. The number of hydrogen-bond acceptors (Lipinski definition) is 3. The molecule has 128 valence electrons. The Balaban J connectivity index is 1.60. The van der Waals surface area contributed by atoms with Gasteiger partial charge in [0.1, 0.15) is 6.33 Å². The number of anilines is 2. The van der Waals surface area contributed by atoms with Gasteiger partial charge in [-0.15, -0.1) is 5.10 Å². The van der Waals surface area contributed by atoms with Crippen LogP contribution >= 0.6 is 47.0 Å². The summed E-state index contributed by atoms with van der Waals surface area (Å²) in [5, 5.41) is 12.3. The van der Waals surface area contributed by atoms with Crippen LogP contribution in [0.15, 0.2) is 48.8 Å². The summed E-state index contributed by atoms with van der Waals surface area (Å²) in [6, 6.07) is 12.6. The first kappa shape index (κ1) is 17.9. The summed E-state index contributed by atoms with van der Waals surface area (Å²) in [5.74, 6) is 0.389. The number of benzene rings is 2. The molecule has 0 bridgehead atoms. The summed E-state index contributed by atoms with van der Waals surface area (Å²) in [7, 11) is 0. The summed E-state index contributed by atoms with van der Waals surface area (Å²) < 4.78 is 1.70. The minimum absolute atomic E-state index is 0.336. The van der Waals surface area contributed by atoms with Crippen LogP contribution in [0, 0.1) is 0 Å². The maximum Gasteiger partial charge on any atom is 0.248 e. The zero-order valence-corrected chi connectivity index (χ0v) is 15.8. The Morgan fingerprint density at radius 2 is 1.64 bits per heavy atom. The second-order valence-corrected chi connectivity index (χ2v) is 6.85. The van der Waals surface area contributed by atoms with E-state index in [0.29, 0.717) is 38.4 Å². The van der Waals surface area contributed by atoms with E-state index in [9.17, 15) is 0 Å². The molecule has 2 aromatic carbocycles. The zero-order chi connectivity index (χ0) is 17.8. The van der Waals surface area contributed by atoms with Crippen molar-refractivity contribution in [2.24, 2.45) is 0 Å². The smallest absolute Gasteiger partial charge is 0.248 e. The van der Waals surface area contributed by atoms with Gasteiger partial charge in [0.15, 0.2) is 5.11 Å². The molecular formula is C16H12Cl3N5S. The summed E-state index contributed by atoms with van der Waals surface area (Å²) in [6.45, 7) is 0.579. The Labute approximate surface area is 164 Å². The molecule has 3 rings (SSSR count). The predicted molar refractivity (Wildman–Crippen MR) is 107 cm³/mol. The second kappa shape index (κ2) is 8.01. The van der Waals surface area contributed by atoms with Crippen molar-refractivity contribution in [1.82, 2.24) is 14.8 Å². The quantitative estimate of drug-likeness (QED) is 0.584. The van der Waals surface area contributed by atoms with Crippen molar-refractivity contribution in [1.29, 1.82) is 0 Å². The molecule has 0 spiro atoms. The number of rotatable bonds is 4. The van der Waals surface area contributed by atoms with E-state index in [2.05, 4.69) is 20.7 Å². The van der Waals surface area contributed by atoms with Crippen LogP contribution in [0.2, 0.25) is 15.1 Å². The van der Waals surface area contributed by atoms with Gasteiger partial charge in [0, 0.05) is 20.8 Å². The van der Waals surface area contributed by atoms with Crippen molar-refractivity contribution in [3.05, 3.63) is 69.4 Å². The van der Waals surface area contributed by atoms with Gasteiger partial charge in [-0.2, -0.15) is 0 Å². The molecule has 5 nitrogen and oxygen atoms in total. The van der Waals surface area contributed by atoms with Crippen molar-refractivity contribution >= 4 is 63.8 Å². The first-order valence-electron chi connectivity index (χ1n) is 7.16. The van der Waals surface area contributed by atoms with E-state index in [0.717, 1.165) is 5.56 Å². The molecule has 0 atom stereocenters. The first-order valence-corrected chi connectivity index (χ1v) is 8.70. The Bertz CT molecular complexity index is 875. The first-order chi connectivity index (χ1) is 12.0. The predicted octanol–water partition coefficient (Wildman–Crippen LogP) is 5.10. The highest BCUT2D eigenvalue weighted by Gasteiger charge is 2.06. The van der Waals surface area contributed by atoms with Crippen molar-refractivity contribution in [2.45, 2.75) is 6.54 Å². The van der Waals surface area contributed by atoms with E-state index in [1.165, 1.54) is 0 Å². The van der Waals surface area contributed by atoms with E-state index >= 15 is 0 Å². The molecule has 0 saturated carbocycles. The molecule has 9 heteroatoms. The van der Waals surface area contributed by atoms with Crippen LogP contribution in [-0.4, -0.2) is 19.9 Å². The van der Waals surface area contributed by atoms with E-state index in [4.69, 9.17) is 47.0 Å². The highest BCUT2D eigenvalue weighted by Crippen LogP contribution is 2.22. The Morgan fingerprint density at radius 1 is 0.960 bits per heavy atom. The molecule has 0 unspecified atom stereocenters. The van der Waals surface area contributed by atoms with Gasteiger partial charge in [0.05, 0.1) is 6.54 Å². The van der Waals surface area contributed by atoms with Crippen molar-refractivity contribution < 1.29 is 0 Å². The molecule has 1 heterocycles. The SMILES string of the molecule is S=C(Nc1cc(Cl)cc(Cl)c1)Nc1ncn(Cc2ccc(Cl)cc2)n1. The molecule has 0 saturated heterocycles. The Hall–Kier alpha value is -1.86. The van der Waals surface area contributed by atoms with Crippen LogP contribution in [-0.2, 0) is 6.54 Å². The molecular weight excluding hydrogens is 401 g/mol. The van der Waals surface area contributed by atoms with E-state index in [1.807, 2.05) is 24.3 Å². The van der Waals surface area contributed by atoms with E-state index in [-0.39, 0.29) is 0 Å². The lowest BCUT2D eigenvalue weighted by molar-refractivity contribution is 0.687. The number of halogens is 3. The van der Waals surface area contributed by atoms with E-state index < -0.39 is 0 Å². The maximum absolute atomic E-state index is 5.96. The fourth-order valence-electron chi connectivity index (χ4n) is 2.09. The summed E-state index contributed by atoms with van der Waals surface area (Å²) in [4.78, 5) is 4.18. The monoisotopic (exact) mass is 411 g/mol. The van der Waals surface area contributed by atoms with Crippen LogP contribution < -0.4 is 10.6 Å². The number of nitrogens with zero attached hydrogens (tertiary/aromatic N) is 3. The van der Waals surface area contributed by atoms with Gasteiger partial charge < -0.3 is 5.32 Å². The van der Waals surface area contributed by atoms with Crippen LogP contribution in [0.1, 0.15) is 5.56 Å². The molecule has 0 amide bonds. The molecule has 0 aliphatic carbocycles. The van der Waals surface area contributed by atoms with Gasteiger partial charge >= 0.3 is 0 Å². The van der Waals surface area contributed by atoms with Gasteiger partial charge in [0.2, 0.25) is 5.95 Å². The average Bonchev–Trinajstić information content (AvgIpc) is 2.95. The summed E-state index contributed by atoms with van der Waals surface area (Å²) in [6.07, 6.45) is 1.62. The van der Waals surface area contributed by atoms with Crippen molar-refractivity contribution in [3.63, 3.8) is 0 Å². The molecule has 25 heavy (non-hydrogen) atoms. The lowest BCUT2D eigenvalue weighted by Crippen LogP contribution is -2.20. The standard InChI is InChI=1S/C16H12Cl3N5S/c17-11-3-1-10(2-4-11)8-24-9-20-15(23-24)22-16(25)21-14-6-12(18)5-13(19)7-14/h1-7,9H,8H2,(H2,21,22,23,25). The third-order valence-corrected chi connectivity index (χ3v) is 4.03. The summed E-state index contributed by atoms with van der Waals surface area (Å²) >= 11 is 23.0. The van der Waals surface area contributed by atoms with Gasteiger partial charge in [-0.3, -0.25) is 5.32 Å². The molecule has 0 fully saturated rings. The van der Waals surface area contributed by atoms with Crippen LogP contribution in [0.25, 0.3) is 0 Å². The van der Waals surface area contributed by atoms with Gasteiger partial charge in [-0.05, 0) is 48.1 Å². The minimum atomic E-state index is 0.336. The van der Waals surface area contributed by atoms with Crippen LogP contribution in [0.5, 0.6) is 0 Å². The number of nitrogens with one attached hydrogen (secondary N) is 2. The van der Waals surface area contributed by atoms with Crippen molar-refractivity contribution in [3.8, 4) is 0 Å². The highest BCUT2D eigenvalue weighted by atomic mass is 35.5. The Kier molecular flexibility index (Phi) is 5.75. The zero-order valence-electron chi connectivity index (χ0n) is 12.7. The number of hydrogen-bond donors (Lipinski definition) is 2. The fourth-order valence-corrected chi connectivity index (χ4v) is 2.96.